The molecule has 2 aromatic carbocycles. The van der Waals surface area contributed by atoms with Crippen LogP contribution in [0.4, 0.5) is 0 Å². The van der Waals surface area contributed by atoms with Crippen molar-refractivity contribution in [1.29, 1.82) is 0 Å². The number of hydrogen-bond donors (Lipinski definition) is 0. The molecule has 2 aromatic rings. The van der Waals surface area contributed by atoms with Crippen molar-refractivity contribution in [3.8, 4) is 11.5 Å². The van der Waals surface area contributed by atoms with Crippen molar-refractivity contribution in [2.24, 2.45) is 5.92 Å². The summed E-state index contributed by atoms with van der Waals surface area (Å²) in [6.07, 6.45) is 26.7. The highest BCUT2D eigenvalue weighted by Crippen LogP contribution is 2.34. The van der Waals surface area contributed by atoms with E-state index in [1.807, 2.05) is 36.4 Å². The Labute approximate surface area is 352 Å². The monoisotopic (exact) mass is 814 g/mol. The van der Waals surface area contributed by atoms with Crippen molar-refractivity contribution in [3.63, 3.8) is 0 Å². The van der Waals surface area contributed by atoms with Crippen LogP contribution in [0.25, 0.3) is 12.2 Å². The first-order valence-electron chi connectivity index (χ1n) is 21.8. The van der Waals surface area contributed by atoms with Crippen LogP contribution in [-0.2, 0) is 38.1 Å². The van der Waals surface area contributed by atoms with Gasteiger partial charge in [0.25, 0.3) is 0 Å². The van der Waals surface area contributed by atoms with Gasteiger partial charge in [-0.15, -0.1) is 0 Å². The third-order valence-electron chi connectivity index (χ3n) is 10.5. The van der Waals surface area contributed by atoms with Crippen molar-refractivity contribution in [3.05, 3.63) is 97.1 Å². The first-order valence-corrected chi connectivity index (χ1v) is 21.8. The fourth-order valence-electron chi connectivity index (χ4n) is 7.07. The third kappa shape index (κ3) is 19.3. The van der Waals surface area contributed by atoms with Crippen molar-refractivity contribution in [2.75, 3.05) is 39.6 Å². The van der Waals surface area contributed by atoms with E-state index in [0.717, 1.165) is 80.4 Å². The molecule has 0 aliphatic carbocycles. The molecule has 0 aromatic heterocycles. The molecule has 0 radical (unpaired) electrons. The molecule has 0 amide bonds. The van der Waals surface area contributed by atoms with E-state index in [4.69, 9.17) is 33.2 Å². The van der Waals surface area contributed by atoms with Crippen LogP contribution < -0.4 is 9.47 Å². The van der Waals surface area contributed by atoms with Crippen LogP contribution in [0, 0.1) is 5.92 Å². The van der Waals surface area contributed by atoms with Crippen LogP contribution in [0.15, 0.2) is 86.0 Å². The molecule has 0 N–H and O–H groups in total. The molecule has 59 heavy (non-hydrogen) atoms. The minimum Gasteiger partial charge on any atom is -0.494 e. The minimum atomic E-state index is -0.449. The Balaban J connectivity index is 1.01. The second kappa shape index (κ2) is 28.7. The van der Waals surface area contributed by atoms with Gasteiger partial charge in [-0.05, 0) is 67.2 Å². The molecular weight excluding hydrogens is 749 g/mol. The molecule has 0 spiro atoms. The van der Waals surface area contributed by atoms with Gasteiger partial charge in [-0.2, -0.15) is 0 Å². The molecule has 0 bridgehead atoms. The smallest absolute Gasteiger partial charge is 0.331 e. The lowest BCUT2D eigenvalue weighted by atomic mass is 9.99. The molecule has 10 nitrogen and oxygen atoms in total. The van der Waals surface area contributed by atoms with Gasteiger partial charge in [0.2, 0.25) is 0 Å². The zero-order valence-corrected chi connectivity index (χ0v) is 34.9. The highest BCUT2D eigenvalue weighted by atomic mass is 16.6. The SMILES string of the molecule is C=CC(=O)OCCCCCCCCCCOc1ccc(C=C[C@@H]2CO[C@H]3[C@@H]2OC[C@H]3OC(=O)/C=C/c2ccc(OCCCCCCCCCCOC(=O)C=C)cc2)cc1. The molecule has 10 heteroatoms. The van der Waals surface area contributed by atoms with E-state index >= 15 is 0 Å². The predicted molar refractivity (Wildman–Crippen MR) is 231 cm³/mol. The van der Waals surface area contributed by atoms with Gasteiger partial charge in [-0.25, -0.2) is 14.4 Å². The van der Waals surface area contributed by atoms with E-state index in [2.05, 4.69) is 37.4 Å². The molecule has 2 saturated heterocycles. The number of ether oxygens (including phenoxy) is 7. The first kappa shape index (κ1) is 47.0. The molecular formula is C49H66O10. The van der Waals surface area contributed by atoms with E-state index in [-0.39, 0.29) is 30.1 Å². The minimum absolute atomic E-state index is 0.0716. The quantitative estimate of drug-likeness (QED) is 0.0315. The second-order valence-corrected chi connectivity index (χ2v) is 15.2. The Bertz CT molecular complexity index is 1580. The Morgan fingerprint density at radius 3 is 1.42 bits per heavy atom. The number of rotatable bonds is 31. The summed E-state index contributed by atoms with van der Waals surface area (Å²) in [5, 5.41) is 0. The number of carbonyl (C=O) groups excluding carboxylic acids is 3. The third-order valence-corrected chi connectivity index (χ3v) is 10.5. The van der Waals surface area contributed by atoms with Gasteiger partial charge in [-0.3, -0.25) is 0 Å². The van der Waals surface area contributed by atoms with Crippen LogP contribution in [0.1, 0.15) is 114 Å². The highest BCUT2D eigenvalue weighted by Gasteiger charge is 2.48. The topological polar surface area (TPSA) is 116 Å². The van der Waals surface area contributed by atoms with Gasteiger partial charge in [0.1, 0.15) is 17.6 Å². The number of fused-ring (bicyclic) bond motifs is 1. The van der Waals surface area contributed by atoms with Gasteiger partial charge in [0, 0.05) is 24.1 Å². The van der Waals surface area contributed by atoms with Gasteiger partial charge >= 0.3 is 17.9 Å². The van der Waals surface area contributed by atoms with Crippen LogP contribution in [0.3, 0.4) is 0 Å². The summed E-state index contributed by atoms with van der Waals surface area (Å²) in [5.41, 5.74) is 1.96. The average Bonchev–Trinajstić information content (AvgIpc) is 3.86. The zero-order valence-electron chi connectivity index (χ0n) is 34.9. The molecule has 2 fully saturated rings. The van der Waals surface area contributed by atoms with Crippen LogP contribution in [0.5, 0.6) is 11.5 Å². The summed E-state index contributed by atoms with van der Waals surface area (Å²) in [6, 6.07) is 15.8. The molecule has 322 valence electrons. The summed E-state index contributed by atoms with van der Waals surface area (Å²) >= 11 is 0. The molecule has 2 aliphatic heterocycles. The zero-order chi connectivity index (χ0) is 41.8. The summed E-state index contributed by atoms with van der Waals surface area (Å²) in [5.74, 6) is 0.632. The molecule has 2 aliphatic rings. The number of benzene rings is 2. The van der Waals surface area contributed by atoms with Gasteiger partial charge in [0.15, 0.2) is 6.10 Å². The molecule has 0 unspecified atom stereocenters. The summed E-state index contributed by atoms with van der Waals surface area (Å²) in [4.78, 5) is 34.8. The number of unbranched alkanes of at least 4 members (excludes halogenated alkanes) is 14. The maximum Gasteiger partial charge on any atom is 0.331 e. The van der Waals surface area contributed by atoms with Crippen molar-refractivity contribution >= 4 is 30.1 Å². The lowest BCUT2D eigenvalue weighted by molar-refractivity contribution is -0.147. The van der Waals surface area contributed by atoms with Crippen LogP contribution in [-0.4, -0.2) is 75.9 Å². The van der Waals surface area contributed by atoms with E-state index in [0.29, 0.717) is 39.6 Å². The van der Waals surface area contributed by atoms with E-state index in [1.54, 1.807) is 6.08 Å². The van der Waals surface area contributed by atoms with Crippen LogP contribution >= 0.6 is 0 Å². The Morgan fingerprint density at radius 2 is 0.949 bits per heavy atom. The van der Waals surface area contributed by atoms with Gasteiger partial charge in [-0.1, -0.05) is 127 Å². The number of esters is 3. The number of carbonyl (C=O) groups is 3. The molecule has 2 heterocycles. The first-order chi connectivity index (χ1) is 28.9. The fourth-order valence-corrected chi connectivity index (χ4v) is 7.07. The fraction of sp³-hybridized carbons (Fsp3) is 0.531. The van der Waals surface area contributed by atoms with Gasteiger partial charge in [0.05, 0.1) is 45.7 Å². The predicted octanol–water partition coefficient (Wildman–Crippen LogP) is 10.2. The van der Waals surface area contributed by atoms with Gasteiger partial charge < -0.3 is 33.2 Å². The maximum atomic E-state index is 12.7. The maximum absolute atomic E-state index is 12.7. The molecule has 0 saturated carbocycles. The normalized spacial score (nSPS) is 18.4. The summed E-state index contributed by atoms with van der Waals surface area (Å²) < 4.78 is 39.7. The van der Waals surface area contributed by atoms with E-state index in [1.165, 1.54) is 63.2 Å². The lowest BCUT2D eigenvalue weighted by Gasteiger charge is -2.15. The molecule has 4 atom stereocenters. The van der Waals surface area contributed by atoms with E-state index < -0.39 is 12.1 Å². The second-order valence-electron chi connectivity index (χ2n) is 15.2. The van der Waals surface area contributed by atoms with Crippen molar-refractivity contribution in [2.45, 2.75) is 121 Å². The number of hydrogen-bond acceptors (Lipinski definition) is 10. The summed E-state index contributed by atoms with van der Waals surface area (Å²) in [6.45, 7) is 9.95. The van der Waals surface area contributed by atoms with Crippen LogP contribution in [0.2, 0.25) is 0 Å². The Morgan fingerprint density at radius 1 is 0.525 bits per heavy atom. The van der Waals surface area contributed by atoms with Crippen molar-refractivity contribution < 1.29 is 47.5 Å². The Kier molecular flexibility index (Phi) is 22.9. The van der Waals surface area contributed by atoms with E-state index in [9.17, 15) is 14.4 Å². The summed E-state index contributed by atoms with van der Waals surface area (Å²) in [7, 11) is 0. The average molecular weight is 815 g/mol. The lowest BCUT2D eigenvalue weighted by Crippen LogP contribution is -2.32. The highest BCUT2D eigenvalue weighted by molar-refractivity contribution is 5.87. The molecule has 4 rings (SSSR count). The van der Waals surface area contributed by atoms with Crippen molar-refractivity contribution in [1.82, 2.24) is 0 Å². The standard InChI is InChI=1S/C49H66O10/c1-3-45(50)55-35-19-15-11-7-5-9-13-17-33-53-42-28-22-39(23-29-42)21-27-41-37-57-49-44(38-58-48(41)49)59-47(52)32-26-40-24-30-43(31-25-40)54-34-18-14-10-6-8-12-16-20-36-56-46(51)4-2/h3-4,21-32,41,44,48-49H,1-2,5-20,33-38H2/b27-21?,32-26+/t41-,44-,48-,49-/m1/s1. The Hall–Kier alpha value is -4.67. The largest absolute Gasteiger partial charge is 0.494 e.